The first-order chi connectivity index (χ1) is 41.7. The average Bonchev–Trinajstić information content (AvgIpc) is 0.799. The quantitative estimate of drug-likeness (QED) is 0.0736. The fraction of sp³-hybridized carbons (Fsp3) is 0.350. The zero-order chi connectivity index (χ0) is 65.2. The molecule has 0 aliphatic carbocycles. The second-order valence-electron chi connectivity index (χ2n) is 31.7. The normalized spacial score (nSPS) is 17.8. The number of rotatable bonds is 2. The van der Waals surface area contributed by atoms with Crippen molar-refractivity contribution in [2.75, 3.05) is 9.80 Å². The number of imide groups is 2. The number of amides is 4. The molecule has 0 spiro atoms. The molecule has 2 radical (unpaired) electrons. The number of hydrogen-bond acceptors (Lipinski definition) is 6. The van der Waals surface area contributed by atoms with Crippen LogP contribution in [0.25, 0.3) is 43.1 Å². The maximum absolute atomic E-state index is 16.1. The summed E-state index contributed by atoms with van der Waals surface area (Å²) in [5, 5.41) is 34.8. The minimum atomic E-state index is -0.847. The van der Waals surface area contributed by atoms with Crippen LogP contribution in [0, 0.1) is 23.7 Å². The Morgan fingerprint density at radius 1 is 0.322 bits per heavy atom. The molecule has 13 rings (SSSR count). The minimum Gasteiger partial charge on any atom is -0.268 e. The summed E-state index contributed by atoms with van der Waals surface area (Å²) < 4.78 is 0. The van der Waals surface area contributed by atoms with Crippen LogP contribution in [-0.4, -0.2) is 33.8 Å². The fourth-order valence-electron chi connectivity index (χ4n) is 15.2. The van der Waals surface area contributed by atoms with Gasteiger partial charge in [-0.3, -0.25) is 19.2 Å². The molecule has 10 nitrogen and oxygen atoms in total. The molecule has 0 unspecified atom stereocenters. The number of carbonyl (C=O) groups excluding carboxylic acids is 4. The molecule has 0 bridgehead atoms. The lowest BCUT2D eigenvalue weighted by Gasteiger charge is -2.35. The lowest BCUT2D eigenvalue weighted by Crippen LogP contribution is -2.42. The Hall–Kier alpha value is -8.48. The van der Waals surface area contributed by atoms with Crippen LogP contribution < -0.4 is 9.80 Å². The van der Waals surface area contributed by atoms with E-state index in [1.807, 2.05) is 140 Å². The molecule has 0 saturated heterocycles. The van der Waals surface area contributed by atoms with Crippen LogP contribution in [0.1, 0.15) is 247 Å². The Morgan fingerprint density at radius 3 is 0.989 bits per heavy atom. The van der Waals surface area contributed by atoms with E-state index in [0.29, 0.717) is 99.0 Å². The zero-order valence-electron chi connectivity index (χ0n) is 55.6. The predicted molar refractivity (Wildman–Crippen MR) is 360 cm³/mol. The van der Waals surface area contributed by atoms with Gasteiger partial charge in [0.1, 0.15) is 0 Å². The van der Waals surface area contributed by atoms with Crippen LogP contribution in [0.2, 0.25) is 0 Å². The molecule has 90 heavy (non-hydrogen) atoms. The summed E-state index contributed by atoms with van der Waals surface area (Å²) in [5.74, 6) is 12.2. The van der Waals surface area contributed by atoms with Crippen LogP contribution in [0.15, 0.2) is 109 Å². The van der Waals surface area contributed by atoms with Crippen LogP contribution >= 0.6 is 0 Å². The molecular formula is C80H78N4O6. The first kappa shape index (κ1) is 60.4. The van der Waals surface area contributed by atoms with Crippen LogP contribution in [0.3, 0.4) is 0 Å². The summed E-state index contributed by atoms with van der Waals surface area (Å²) in [6.07, 6.45) is 0. The van der Waals surface area contributed by atoms with Gasteiger partial charge in [-0.1, -0.05) is 155 Å². The van der Waals surface area contributed by atoms with Crippen LogP contribution in [0.5, 0.6) is 0 Å². The van der Waals surface area contributed by atoms with Gasteiger partial charge < -0.3 is 0 Å². The van der Waals surface area contributed by atoms with Crippen molar-refractivity contribution in [2.45, 2.75) is 182 Å². The SMILES string of the molecule is CC(C)(C)c1ccc(C(C)(C)C)c(N2C(=O)c3ccc4c5c(C#Cc6ccc7c(c6)C(C)(C)N([O])C7(C)C)cc6c7c(ccc(c8c(C#Cc9ccc%10c(c9)C(C)(C)N([O])C%10(C)C)cc(c3c48)C2=O)c75)C(=O)N(c2cc(C(C)(C)C)ccc2C(C)(C)C)C6=O)c1. The molecule has 4 aliphatic heterocycles. The third-order valence-corrected chi connectivity index (χ3v) is 20.1. The highest BCUT2D eigenvalue weighted by Gasteiger charge is 2.52. The summed E-state index contributed by atoms with van der Waals surface area (Å²) in [6.45, 7) is 40.6. The Bertz CT molecular complexity index is 4600. The Morgan fingerprint density at radius 2 is 0.656 bits per heavy atom. The molecule has 0 N–H and O–H groups in total. The second-order valence-corrected chi connectivity index (χ2v) is 31.7. The molecule has 4 aliphatic rings. The summed E-state index contributed by atoms with van der Waals surface area (Å²) in [5.41, 5.74) is 6.96. The van der Waals surface area contributed by atoms with Gasteiger partial charge in [-0.25, -0.2) is 9.80 Å². The van der Waals surface area contributed by atoms with Crippen molar-refractivity contribution in [3.05, 3.63) is 198 Å². The Kier molecular flexibility index (Phi) is 12.8. The van der Waals surface area contributed by atoms with Gasteiger partial charge in [0.25, 0.3) is 23.6 Å². The zero-order valence-corrected chi connectivity index (χ0v) is 55.6. The number of benzene rings is 9. The first-order valence-electron chi connectivity index (χ1n) is 31.3. The molecule has 0 aromatic heterocycles. The highest BCUT2D eigenvalue weighted by atomic mass is 16.5. The maximum atomic E-state index is 16.1. The van der Waals surface area contributed by atoms with Crippen LogP contribution in [-0.2, 0) is 54.2 Å². The molecule has 0 saturated carbocycles. The minimum absolute atomic E-state index is 0.292. The molecular weight excluding hydrogens is 1110 g/mol. The van der Waals surface area contributed by atoms with Crippen molar-refractivity contribution in [1.29, 1.82) is 0 Å². The van der Waals surface area contributed by atoms with E-state index in [-0.39, 0.29) is 10.8 Å². The number of nitrogens with zero attached hydrogens (tertiary/aromatic N) is 4. The third kappa shape index (κ3) is 8.55. The summed E-state index contributed by atoms with van der Waals surface area (Å²) in [6, 6.07) is 35.1. The van der Waals surface area contributed by atoms with E-state index in [9.17, 15) is 10.4 Å². The summed E-state index contributed by atoms with van der Waals surface area (Å²) in [4.78, 5) is 66.4. The lowest BCUT2D eigenvalue weighted by atomic mass is 9.78. The molecule has 9 aromatic carbocycles. The van der Waals surface area contributed by atoms with Gasteiger partial charge in [0.15, 0.2) is 0 Å². The number of anilines is 2. The molecule has 454 valence electrons. The van der Waals surface area contributed by atoms with Gasteiger partial charge in [-0.15, -0.1) is 20.5 Å². The fourth-order valence-corrected chi connectivity index (χ4v) is 15.2. The molecule has 0 atom stereocenters. The standard InChI is InChI=1S/C80H78N4O6/c1-73(2,3)47-27-35-57(75(7,8)9)61(41-47)81-69(85)51-31-29-49-64-46(26-22-44-24-34-56-60(38-44)80(19,20)84(90)78(56,15)16)40-54-66-52(70(86)82(72(54)88)62-42-48(74(4,5)6)28-36-58(62)76(10,11)12)32-30-50(68(64)66)63-45(39-53(71(81)87)65(51)67(49)63)25-21-43-23-33-55-59(37-43)79(17,18)83(89)77(55,13)14/h23-24,27-42H,1-20H3. The van der Waals surface area contributed by atoms with E-state index < -0.39 is 56.6 Å². The number of hydroxylamine groups is 4. The van der Waals surface area contributed by atoms with Gasteiger partial charge >= 0.3 is 0 Å². The van der Waals surface area contributed by atoms with E-state index in [1.165, 1.54) is 9.80 Å². The van der Waals surface area contributed by atoms with Gasteiger partial charge in [-0.05, 0) is 193 Å². The Balaban J connectivity index is 1.15. The number of hydrogen-bond donors (Lipinski definition) is 0. The van der Waals surface area contributed by atoms with E-state index >= 15 is 19.2 Å². The molecule has 4 heterocycles. The van der Waals surface area contributed by atoms with E-state index in [2.05, 4.69) is 119 Å². The number of fused-ring (bicyclic) bond motifs is 4. The number of carbonyl (C=O) groups is 4. The smallest absolute Gasteiger partial charge is 0.266 e. The summed E-state index contributed by atoms with van der Waals surface area (Å²) >= 11 is 0. The highest BCUT2D eigenvalue weighted by molar-refractivity contribution is 6.46. The van der Waals surface area contributed by atoms with Gasteiger partial charge in [0.2, 0.25) is 0 Å². The van der Waals surface area contributed by atoms with Gasteiger partial charge in [-0.2, -0.15) is 0 Å². The average molecular weight is 1190 g/mol. The monoisotopic (exact) mass is 1190 g/mol. The van der Waals surface area contributed by atoms with Crippen molar-refractivity contribution < 1.29 is 29.6 Å². The van der Waals surface area contributed by atoms with E-state index in [1.54, 1.807) is 12.1 Å². The van der Waals surface area contributed by atoms with Crippen molar-refractivity contribution in [3.63, 3.8) is 0 Å². The molecule has 0 fully saturated rings. The lowest BCUT2D eigenvalue weighted by molar-refractivity contribution is -0.266. The third-order valence-electron chi connectivity index (χ3n) is 20.1. The van der Waals surface area contributed by atoms with Crippen molar-refractivity contribution in [2.24, 2.45) is 0 Å². The maximum Gasteiger partial charge on any atom is 0.266 e. The second kappa shape index (κ2) is 19.0. The van der Waals surface area contributed by atoms with Crippen molar-refractivity contribution >= 4 is 78.1 Å². The van der Waals surface area contributed by atoms with Gasteiger partial charge in [0, 0.05) is 65.7 Å². The highest BCUT2D eigenvalue weighted by Crippen LogP contribution is 2.53. The topological polar surface area (TPSA) is 121 Å². The predicted octanol–water partition coefficient (Wildman–Crippen LogP) is 17.6. The molecule has 9 aromatic rings. The van der Waals surface area contributed by atoms with Crippen molar-refractivity contribution in [3.8, 4) is 23.7 Å². The van der Waals surface area contributed by atoms with E-state index in [0.717, 1.165) is 54.6 Å². The van der Waals surface area contributed by atoms with Gasteiger partial charge in [0.05, 0.1) is 44.7 Å². The van der Waals surface area contributed by atoms with Crippen molar-refractivity contribution in [1.82, 2.24) is 10.1 Å². The van der Waals surface area contributed by atoms with Crippen LogP contribution in [0.4, 0.5) is 11.4 Å². The first-order valence-corrected chi connectivity index (χ1v) is 31.3. The largest absolute Gasteiger partial charge is 0.268 e. The molecule has 4 amide bonds. The Labute approximate surface area is 529 Å². The molecule has 10 heteroatoms. The summed E-state index contributed by atoms with van der Waals surface area (Å²) in [7, 11) is 0. The van der Waals surface area contributed by atoms with E-state index in [4.69, 9.17) is 0 Å².